The van der Waals surface area contributed by atoms with Gasteiger partial charge in [0.05, 0.1) is 18.8 Å². The van der Waals surface area contributed by atoms with Crippen LogP contribution in [0.2, 0.25) is 0 Å². The lowest BCUT2D eigenvalue weighted by Crippen LogP contribution is -2.31. The molecule has 0 amide bonds. The Kier molecular flexibility index (Phi) is 4.97. The van der Waals surface area contributed by atoms with Gasteiger partial charge in [0.2, 0.25) is 0 Å². The second-order valence-electron chi connectivity index (χ2n) is 9.38. The van der Waals surface area contributed by atoms with E-state index in [1.54, 1.807) is 0 Å². The third-order valence-electron chi connectivity index (χ3n) is 7.37. The summed E-state index contributed by atoms with van der Waals surface area (Å²) in [7, 11) is 0. The number of aromatic nitrogens is 4. The molecule has 0 radical (unpaired) electrons. The zero-order valence-corrected chi connectivity index (χ0v) is 20.4. The van der Waals surface area contributed by atoms with E-state index in [4.69, 9.17) is 9.84 Å². The van der Waals surface area contributed by atoms with Gasteiger partial charge >= 0.3 is 0 Å². The number of H-pyrrole nitrogens is 1. The van der Waals surface area contributed by atoms with Gasteiger partial charge in [-0.05, 0) is 82.3 Å². The number of hydrogen-bond donors (Lipinski definition) is 1. The Morgan fingerprint density at radius 1 is 0.971 bits per heavy atom. The molecule has 0 saturated carbocycles. The van der Waals surface area contributed by atoms with Crippen LogP contribution in [0.1, 0.15) is 52.9 Å². The maximum Gasteiger partial charge on any atom is 0.161 e. The van der Waals surface area contributed by atoms with Crippen molar-refractivity contribution in [3.8, 4) is 11.4 Å². The molecule has 6 rings (SSSR count). The highest BCUT2D eigenvalue weighted by molar-refractivity contribution is 5.98. The number of nitrogens with zero attached hydrogens (tertiary/aromatic N) is 4. The zero-order chi connectivity index (χ0) is 23.4. The number of nitrogens with one attached hydrogen (secondary N) is 1. The third-order valence-corrected chi connectivity index (χ3v) is 7.37. The summed E-state index contributed by atoms with van der Waals surface area (Å²) in [6.45, 7) is 10.9. The van der Waals surface area contributed by atoms with Gasteiger partial charge in [-0.15, -0.1) is 5.10 Å². The highest BCUT2D eigenvalue weighted by Gasteiger charge is 2.28. The number of allylic oxidation sites excluding steroid dienone is 1. The van der Waals surface area contributed by atoms with Gasteiger partial charge < -0.3 is 19.2 Å². The van der Waals surface area contributed by atoms with Crippen LogP contribution in [-0.2, 0) is 19.4 Å². The number of hydrogen-bond acceptors (Lipinski definition) is 4. The lowest BCUT2D eigenvalue weighted by atomic mass is 9.97. The number of benzene rings is 1. The molecule has 1 aliphatic carbocycles. The monoisotopic (exact) mass is 453 g/mol. The first-order valence-electron chi connectivity index (χ1n) is 12.3. The number of rotatable bonds is 4. The molecule has 4 aromatic rings. The van der Waals surface area contributed by atoms with Crippen LogP contribution in [0, 0.1) is 20.8 Å². The van der Waals surface area contributed by atoms with Gasteiger partial charge in [-0.2, -0.15) is 5.10 Å². The molecule has 0 atom stereocenters. The van der Waals surface area contributed by atoms with Gasteiger partial charge in [0.25, 0.3) is 0 Å². The molecule has 6 heteroatoms. The number of aromatic amines is 1. The van der Waals surface area contributed by atoms with Crippen LogP contribution >= 0.6 is 0 Å². The van der Waals surface area contributed by atoms with E-state index < -0.39 is 0 Å². The highest BCUT2D eigenvalue weighted by Crippen LogP contribution is 2.38. The maximum atomic E-state index is 5.65. The summed E-state index contributed by atoms with van der Waals surface area (Å²) in [5.74, 6) is 1.88. The molecular formula is C28H31N5O. The first-order valence-corrected chi connectivity index (χ1v) is 12.3. The van der Waals surface area contributed by atoms with Crippen molar-refractivity contribution in [1.82, 2.24) is 19.7 Å². The van der Waals surface area contributed by atoms with Gasteiger partial charge in [-0.25, -0.2) is 0 Å². The van der Waals surface area contributed by atoms with Crippen molar-refractivity contribution < 1.29 is 4.74 Å². The van der Waals surface area contributed by atoms with E-state index in [0.29, 0.717) is 6.61 Å². The SMILES string of the molecule is CCOc1ccc(-n2c(C)c3c(C)nnc(N4CCc5c([nH]c6c5C=CCC6)C4)c3c2C)cc1. The Balaban J connectivity index is 1.44. The summed E-state index contributed by atoms with van der Waals surface area (Å²) in [5, 5.41) is 11.8. The van der Waals surface area contributed by atoms with Crippen molar-refractivity contribution in [2.45, 2.75) is 53.5 Å². The topological polar surface area (TPSA) is 59.0 Å². The predicted octanol–water partition coefficient (Wildman–Crippen LogP) is 5.59. The minimum Gasteiger partial charge on any atom is -0.494 e. The van der Waals surface area contributed by atoms with Crippen LogP contribution in [0.5, 0.6) is 5.75 Å². The molecule has 2 aliphatic rings. The van der Waals surface area contributed by atoms with Crippen molar-refractivity contribution in [2.24, 2.45) is 0 Å². The third kappa shape index (κ3) is 3.16. The molecule has 34 heavy (non-hydrogen) atoms. The Hall–Kier alpha value is -3.54. The molecule has 0 saturated heterocycles. The van der Waals surface area contributed by atoms with E-state index in [1.807, 2.05) is 19.1 Å². The smallest absolute Gasteiger partial charge is 0.161 e. The molecule has 0 bridgehead atoms. The van der Waals surface area contributed by atoms with Crippen LogP contribution in [-0.4, -0.2) is 32.9 Å². The summed E-state index contributed by atoms with van der Waals surface area (Å²) >= 11 is 0. The van der Waals surface area contributed by atoms with E-state index in [2.05, 4.69) is 64.6 Å². The minimum atomic E-state index is 0.669. The summed E-state index contributed by atoms with van der Waals surface area (Å²) in [6.07, 6.45) is 7.86. The number of ether oxygens (including phenoxy) is 1. The first kappa shape index (κ1) is 21.0. The van der Waals surface area contributed by atoms with E-state index in [1.165, 1.54) is 44.7 Å². The fourth-order valence-electron chi connectivity index (χ4n) is 5.86. The molecular weight excluding hydrogens is 422 g/mol. The van der Waals surface area contributed by atoms with E-state index in [-0.39, 0.29) is 0 Å². The highest BCUT2D eigenvalue weighted by atomic mass is 16.5. The standard InChI is InChI=1S/C28H31N5O/c1-5-34-21-12-10-20(11-13-21)33-18(3)26-17(2)30-31-28(27(26)19(33)4)32-15-14-23-22-8-6-7-9-24(22)29-25(23)16-32/h6,8,10-13,29H,5,7,9,14-16H2,1-4H3. The van der Waals surface area contributed by atoms with Gasteiger partial charge in [-0.3, -0.25) is 0 Å². The van der Waals surface area contributed by atoms with Crippen LogP contribution in [0.3, 0.4) is 0 Å². The Labute approximate surface area is 200 Å². The molecule has 1 N–H and O–H groups in total. The van der Waals surface area contributed by atoms with E-state index >= 15 is 0 Å². The van der Waals surface area contributed by atoms with Gasteiger partial charge in [0.1, 0.15) is 5.75 Å². The zero-order valence-electron chi connectivity index (χ0n) is 20.4. The Bertz CT molecular complexity index is 1420. The predicted molar refractivity (Wildman–Crippen MR) is 137 cm³/mol. The van der Waals surface area contributed by atoms with E-state index in [0.717, 1.165) is 55.3 Å². The molecule has 4 heterocycles. The second kappa shape index (κ2) is 8.05. The van der Waals surface area contributed by atoms with E-state index in [9.17, 15) is 0 Å². The number of fused-ring (bicyclic) bond motifs is 4. The molecule has 0 fully saturated rings. The average Bonchev–Trinajstić information content (AvgIpc) is 3.35. The van der Waals surface area contributed by atoms with Crippen LogP contribution in [0.25, 0.3) is 22.5 Å². The van der Waals surface area contributed by atoms with Crippen LogP contribution in [0.4, 0.5) is 5.82 Å². The van der Waals surface area contributed by atoms with Crippen molar-refractivity contribution >= 4 is 22.7 Å². The summed E-state index contributed by atoms with van der Waals surface area (Å²) < 4.78 is 7.98. The van der Waals surface area contributed by atoms with Crippen LogP contribution in [0.15, 0.2) is 30.3 Å². The van der Waals surface area contributed by atoms with Crippen molar-refractivity contribution in [3.05, 3.63) is 69.9 Å². The van der Waals surface area contributed by atoms with Gasteiger partial charge in [-0.1, -0.05) is 12.2 Å². The Morgan fingerprint density at radius 2 is 1.76 bits per heavy atom. The number of aryl methyl sites for hydroxylation is 4. The fraction of sp³-hybridized carbons (Fsp3) is 0.357. The summed E-state index contributed by atoms with van der Waals surface area (Å²) in [4.78, 5) is 6.13. The lowest BCUT2D eigenvalue weighted by molar-refractivity contribution is 0.340. The largest absolute Gasteiger partial charge is 0.494 e. The number of anilines is 1. The molecule has 1 aromatic carbocycles. The second-order valence-corrected chi connectivity index (χ2v) is 9.38. The van der Waals surface area contributed by atoms with Crippen molar-refractivity contribution in [2.75, 3.05) is 18.1 Å². The molecule has 3 aromatic heterocycles. The molecule has 0 spiro atoms. The average molecular weight is 454 g/mol. The quantitative estimate of drug-likeness (QED) is 0.437. The van der Waals surface area contributed by atoms with Gasteiger partial charge in [0, 0.05) is 45.8 Å². The molecule has 0 unspecified atom stereocenters. The molecule has 174 valence electrons. The fourth-order valence-corrected chi connectivity index (χ4v) is 5.86. The molecule has 1 aliphatic heterocycles. The minimum absolute atomic E-state index is 0.669. The van der Waals surface area contributed by atoms with Crippen LogP contribution < -0.4 is 9.64 Å². The van der Waals surface area contributed by atoms with Crippen molar-refractivity contribution in [3.63, 3.8) is 0 Å². The maximum absolute atomic E-state index is 5.65. The lowest BCUT2D eigenvalue weighted by Gasteiger charge is -2.28. The molecule has 6 nitrogen and oxygen atoms in total. The summed E-state index contributed by atoms with van der Waals surface area (Å²) in [5.41, 5.74) is 10.1. The normalized spacial score (nSPS) is 15.0. The summed E-state index contributed by atoms with van der Waals surface area (Å²) in [6, 6.07) is 8.34. The van der Waals surface area contributed by atoms with Gasteiger partial charge in [0.15, 0.2) is 5.82 Å². The van der Waals surface area contributed by atoms with Crippen molar-refractivity contribution in [1.29, 1.82) is 0 Å². The first-order chi connectivity index (χ1) is 16.6. The Morgan fingerprint density at radius 3 is 2.56 bits per heavy atom.